The lowest BCUT2D eigenvalue weighted by Crippen LogP contribution is -2.22. The molecule has 2 N–H and O–H groups in total. The van der Waals surface area contributed by atoms with Crippen LogP contribution in [0.2, 0.25) is 0 Å². The Morgan fingerprint density at radius 3 is 2.46 bits per heavy atom. The van der Waals surface area contributed by atoms with Crippen molar-refractivity contribution in [2.75, 3.05) is 20.8 Å². The molecule has 1 fully saturated rings. The van der Waals surface area contributed by atoms with Gasteiger partial charge in [-0.1, -0.05) is 50.5 Å². The van der Waals surface area contributed by atoms with Crippen LogP contribution in [0.25, 0.3) is 0 Å². The van der Waals surface area contributed by atoms with Crippen molar-refractivity contribution < 1.29 is 19.7 Å². The van der Waals surface area contributed by atoms with E-state index in [1.54, 1.807) is 14.2 Å². The Kier molecular flexibility index (Phi) is 12.9. The fourth-order valence-corrected chi connectivity index (χ4v) is 3.89. The molecule has 0 saturated heterocycles. The van der Waals surface area contributed by atoms with Gasteiger partial charge in [0.15, 0.2) is 0 Å². The van der Waals surface area contributed by atoms with Crippen LogP contribution < -0.4 is 0 Å². The molecule has 0 bridgehead atoms. The average Bonchev–Trinajstić information content (AvgIpc) is 2.99. The molecule has 1 aliphatic carbocycles. The van der Waals surface area contributed by atoms with E-state index in [4.69, 9.17) is 14.6 Å². The molecule has 0 aromatic rings. The highest BCUT2D eigenvalue weighted by Gasteiger charge is 2.41. The second kappa shape index (κ2) is 14.4. The summed E-state index contributed by atoms with van der Waals surface area (Å²) in [7, 11) is 3.55. The summed E-state index contributed by atoms with van der Waals surface area (Å²) in [5.41, 5.74) is 0. The first-order valence-corrected chi connectivity index (χ1v) is 10.4. The molecule has 0 heterocycles. The quantitative estimate of drug-likeness (QED) is 0.355. The van der Waals surface area contributed by atoms with Gasteiger partial charge in [0.05, 0.1) is 18.3 Å². The standard InChI is InChI=1S/C22H40O4/c1-4-5-9-12-18(24)14-15-20-19(13-10-7-6-8-11-16-23)21(25-2)17-22(20)26-3/h7,10,14-15,18-24H,4-6,8-9,11-13,16-17H2,1-3H3. The highest BCUT2D eigenvalue weighted by Crippen LogP contribution is 2.39. The maximum absolute atomic E-state index is 10.2. The van der Waals surface area contributed by atoms with Crippen LogP contribution in [0.15, 0.2) is 24.3 Å². The Balaban J connectivity index is 2.63. The summed E-state index contributed by atoms with van der Waals surface area (Å²) < 4.78 is 11.4. The highest BCUT2D eigenvalue weighted by atomic mass is 16.5. The Bertz CT molecular complexity index is 394. The van der Waals surface area contributed by atoms with Gasteiger partial charge in [-0.15, -0.1) is 0 Å². The number of hydrogen-bond donors (Lipinski definition) is 2. The Morgan fingerprint density at radius 2 is 1.81 bits per heavy atom. The van der Waals surface area contributed by atoms with E-state index in [2.05, 4.69) is 25.2 Å². The third-order valence-corrected chi connectivity index (χ3v) is 5.48. The molecule has 5 atom stereocenters. The second-order valence-electron chi connectivity index (χ2n) is 7.40. The molecule has 4 nitrogen and oxygen atoms in total. The van der Waals surface area contributed by atoms with E-state index in [9.17, 15) is 5.11 Å². The molecule has 152 valence electrons. The van der Waals surface area contributed by atoms with Gasteiger partial charge in [0, 0.05) is 33.2 Å². The van der Waals surface area contributed by atoms with E-state index in [0.29, 0.717) is 5.92 Å². The van der Waals surface area contributed by atoms with Crippen LogP contribution in [0.1, 0.15) is 64.7 Å². The van der Waals surface area contributed by atoms with Gasteiger partial charge >= 0.3 is 0 Å². The van der Waals surface area contributed by atoms with Crippen molar-refractivity contribution in [2.45, 2.75) is 83.0 Å². The molecule has 0 radical (unpaired) electrons. The van der Waals surface area contributed by atoms with Crippen LogP contribution in [0.4, 0.5) is 0 Å². The molecule has 0 spiro atoms. The molecule has 5 unspecified atom stereocenters. The number of allylic oxidation sites excluding steroid dienone is 2. The van der Waals surface area contributed by atoms with Gasteiger partial charge in [-0.25, -0.2) is 0 Å². The number of hydrogen-bond acceptors (Lipinski definition) is 4. The monoisotopic (exact) mass is 368 g/mol. The van der Waals surface area contributed by atoms with Crippen molar-refractivity contribution in [2.24, 2.45) is 11.8 Å². The van der Waals surface area contributed by atoms with E-state index < -0.39 is 0 Å². The second-order valence-corrected chi connectivity index (χ2v) is 7.40. The fourth-order valence-electron chi connectivity index (χ4n) is 3.89. The third-order valence-electron chi connectivity index (χ3n) is 5.48. The number of methoxy groups -OCH3 is 2. The first-order valence-electron chi connectivity index (χ1n) is 10.4. The number of ether oxygens (including phenoxy) is 2. The molecule has 1 aliphatic rings. The molecule has 26 heavy (non-hydrogen) atoms. The molecule has 0 aromatic carbocycles. The SMILES string of the molecule is CCCCCC(O)C=CC1C(OC)CC(OC)C1CC=CCCCCO. The van der Waals surface area contributed by atoms with Gasteiger partial charge in [0.1, 0.15) is 0 Å². The summed E-state index contributed by atoms with van der Waals surface area (Å²) in [4.78, 5) is 0. The predicted molar refractivity (Wildman–Crippen MR) is 107 cm³/mol. The zero-order valence-electron chi connectivity index (χ0n) is 17.0. The van der Waals surface area contributed by atoms with Gasteiger partial charge in [-0.2, -0.15) is 0 Å². The number of aliphatic hydroxyl groups excluding tert-OH is 2. The molecule has 0 aliphatic heterocycles. The molecule has 0 aromatic heterocycles. The van der Waals surface area contributed by atoms with Gasteiger partial charge < -0.3 is 19.7 Å². The maximum Gasteiger partial charge on any atom is 0.0721 e. The lowest BCUT2D eigenvalue weighted by atomic mass is 9.89. The van der Waals surface area contributed by atoms with Crippen LogP contribution in [0.3, 0.4) is 0 Å². The van der Waals surface area contributed by atoms with E-state index >= 15 is 0 Å². The van der Waals surface area contributed by atoms with Crippen molar-refractivity contribution >= 4 is 0 Å². The lowest BCUT2D eigenvalue weighted by molar-refractivity contribution is 0.0565. The van der Waals surface area contributed by atoms with Crippen LogP contribution in [0, 0.1) is 11.8 Å². The minimum Gasteiger partial charge on any atom is -0.396 e. The topological polar surface area (TPSA) is 58.9 Å². The summed E-state index contributed by atoms with van der Waals surface area (Å²) >= 11 is 0. The van der Waals surface area contributed by atoms with Gasteiger partial charge in [-0.3, -0.25) is 0 Å². The van der Waals surface area contributed by atoms with E-state index in [1.807, 2.05) is 6.08 Å². The maximum atomic E-state index is 10.2. The van der Waals surface area contributed by atoms with E-state index in [0.717, 1.165) is 44.9 Å². The summed E-state index contributed by atoms with van der Waals surface area (Å²) in [5, 5.41) is 19.1. The number of aliphatic hydroxyl groups is 2. The summed E-state index contributed by atoms with van der Waals surface area (Å²) in [6, 6.07) is 0. The predicted octanol–water partition coefficient (Wildman–Crippen LogP) is 4.26. The highest BCUT2D eigenvalue weighted by molar-refractivity contribution is 5.07. The summed E-state index contributed by atoms with van der Waals surface area (Å²) in [6.45, 7) is 2.45. The molecule has 1 rings (SSSR count). The zero-order chi connectivity index (χ0) is 19.2. The van der Waals surface area contributed by atoms with Gasteiger partial charge in [0.25, 0.3) is 0 Å². The Hall–Kier alpha value is -0.680. The number of rotatable bonds is 14. The Labute approximate surface area is 160 Å². The summed E-state index contributed by atoms with van der Waals surface area (Å²) in [6.07, 6.45) is 17.5. The van der Waals surface area contributed by atoms with Gasteiger partial charge in [-0.05, 0) is 38.0 Å². The van der Waals surface area contributed by atoms with Crippen molar-refractivity contribution in [3.05, 3.63) is 24.3 Å². The minimum atomic E-state index is -0.365. The minimum absolute atomic E-state index is 0.145. The lowest BCUT2D eigenvalue weighted by Gasteiger charge is -2.22. The molecular weight excluding hydrogens is 328 g/mol. The third kappa shape index (κ3) is 8.34. The van der Waals surface area contributed by atoms with Crippen molar-refractivity contribution in [1.29, 1.82) is 0 Å². The zero-order valence-corrected chi connectivity index (χ0v) is 17.0. The van der Waals surface area contributed by atoms with Crippen molar-refractivity contribution in [3.63, 3.8) is 0 Å². The van der Waals surface area contributed by atoms with Crippen molar-refractivity contribution in [3.8, 4) is 0 Å². The summed E-state index contributed by atoms with van der Waals surface area (Å²) in [5.74, 6) is 0.644. The first-order chi connectivity index (χ1) is 12.7. The Morgan fingerprint density at radius 1 is 1.04 bits per heavy atom. The van der Waals surface area contributed by atoms with E-state index in [-0.39, 0.29) is 30.8 Å². The van der Waals surface area contributed by atoms with Crippen LogP contribution in [-0.4, -0.2) is 49.4 Å². The average molecular weight is 369 g/mol. The first kappa shape index (κ1) is 23.4. The normalized spacial score (nSPS) is 27.7. The van der Waals surface area contributed by atoms with Crippen LogP contribution >= 0.6 is 0 Å². The van der Waals surface area contributed by atoms with Crippen LogP contribution in [0.5, 0.6) is 0 Å². The molecule has 4 heteroatoms. The van der Waals surface area contributed by atoms with E-state index in [1.165, 1.54) is 12.8 Å². The smallest absolute Gasteiger partial charge is 0.0721 e. The largest absolute Gasteiger partial charge is 0.396 e. The number of unbranched alkanes of at least 4 members (excludes halogenated alkanes) is 4. The molecule has 0 amide bonds. The molecule has 1 saturated carbocycles. The van der Waals surface area contributed by atoms with Gasteiger partial charge in [0.2, 0.25) is 0 Å². The fraction of sp³-hybridized carbons (Fsp3) is 0.818. The van der Waals surface area contributed by atoms with Crippen molar-refractivity contribution in [1.82, 2.24) is 0 Å². The molecular formula is C22H40O4. The van der Waals surface area contributed by atoms with Crippen LogP contribution in [-0.2, 0) is 9.47 Å².